The van der Waals surface area contributed by atoms with Gasteiger partial charge in [-0.15, -0.1) is 0 Å². The molecule has 2 saturated heterocycles. The Bertz CT molecular complexity index is 236. The standard InChI is InChI=1S/C10H18O4/c1-9(2)5-6-7(8(11)14-9)13-10(3,4)12-6/h6-8,11H,5H2,1-4H3. The number of fused-ring (bicyclic) bond motifs is 1. The van der Waals surface area contributed by atoms with Crippen LogP contribution in [0.25, 0.3) is 0 Å². The van der Waals surface area contributed by atoms with Gasteiger partial charge in [-0.25, -0.2) is 0 Å². The predicted octanol–water partition coefficient (Wildman–Crippen LogP) is 1.02. The fourth-order valence-electron chi connectivity index (χ4n) is 2.19. The van der Waals surface area contributed by atoms with Gasteiger partial charge in [-0.05, 0) is 27.7 Å². The van der Waals surface area contributed by atoms with Gasteiger partial charge in [0.05, 0.1) is 11.7 Å². The molecule has 0 aromatic heterocycles. The molecule has 0 bridgehead atoms. The normalized spacial score (nSPS) is 44.8. The van der Waals surface area contributed by atoms with Crippen molar-refractivity contribution >= 4 is 0 Å². The summed E-state index contributed by atoms with van der Waals surface area (Å²) in [6, 6.07) is 0. The molecular weight excluding hydrogens is 184 g/mol. The molecule has 14 heavy (non-hydrogen) atoms. The Morgan fingerprint density at radius 3 is 2.36 bits per heavy atom. The lowest BCUT2D eigenvalue weighted by molar-refractivity contribution is -0.255. The van der Waals surface area contributed by atoms with Crippen LogP contribution in [0, 0.1) is 0 Å². The van der Waals surface area contributed by atoms with Crippen molar-refractivity contribution in [2.24, 2.45) is 0 Å². The molecule has 2 rings (SSSR count). The molecule has 3 atom stereocenters. The SMILES string of the molecule is CC1(C)CC2OC(C)(C)OC2C(O)O1. The molecule has 0 spiro atoms. The van der Waals surface area contributed by atoms with Gasteiger partial charge >= 0.3 is 0 Å². The van der Waals surface area contributed by atoms with Crippen LogP contribution in [0.1, 0.15) is 34.1 Å². The van der Waals surface area contributed by atoms with Crippen LogP contribution in [0.2, 0.25) is 0 Å². The maximum absolute atomic E-state index is 9.72. The van der Waals surface area contributed by atoms with Crippen LogP contribution in [0.15, 0.2) is 0 Å². The average molecular weight is 202 g/mol. The molecule has 4 nitrogen and oxygen atoms in total. The molecule has 1 N–H and O–H groups in total. The van der Waals surface area contributed by atoms with E-state index in [1.165, 1.54) is 0 Å². The first-order valence-electron chi connectivity index (χ1n) is 5.01. The van der Waals surface area contributed by atoms with Crippen LogP contribution in [0.4, 0.5) is 0 Å². The second-order valence-electron chi connectivity index (χ2n) is 5.11. The van der Waals surface area contributed by atoms with Gasteiger partial charge in [-0.1, -0.05) is 0 Å². The van der Waals surface area contributed by atoms with Gasteiger partial charge in [0, 0.05) is 6.42 Å². The molecular formula is C10H18O4. The summed E-state index contributed by atoms with van der Waals surface area (Å²) < 4.78 is 16.7. The summed E-state index contributed by atoms with van der Waals surface area (Å²) in [6.45, 7) is 7.60. The zero-order chi connectivity index (χ0) is 10.6. The van der Waals surface area contributed by atoms with Crippen molar-refractivity contribution in [3.63, 3.8) is 0 Å². The van der Waals surface area contributed by atoms with E-state index < -0.39 is 12.1 Å². The summed E-state index contributed by atoms with van der Waals surface area (Å²) in [6.07, 6.45) is -0.551. The van der Waals surface area contributed by atoms with Crippen molar-refractivity contribution in [1.82, 2.24) is 0 Å². The second-order valence-corrected chi connectivity index (χ2v) is 5.11. The Labute approximate surface area is 84.1 Å². The minimum atomic E-state index is -0.884. The van der Waals surface area contributed by atoms with Crippen LogP contribution in [-0.2, 0) is 14.2 Å². The first-order valence-corrected chi connectivity index (χ1v) is 5.01. The highest BCUT2D eigenvalue weighted by Crippen LogP contribution is 2.39. The maximum Gasteiger partial charge on any atom is 0.184 e. The molecule has 0 radical (unpaired) electrons. The molecule has 0 saturated carbocycles. The van der Waals surface area contributed by atoms with Crippen molar-refractivity contribution < 1.29 is 19.3 Å². The van der Waals surface area contributed by atoms with Crippen LogP contribution in [-0.4, -0.2) is 35.0 Å². The Morgan fingerprint density at radius 1 is 1.07 bits per heavy atom. The monoisotopic (exact) mass is 202 g/mol. The average Bonchev–Trinajstić information content (AvgIpc) is 2.21. The van der Waals surface area contributed by atoms with Crippen molar-refractivity contribution in [2.45, 2.75) is 64.0 Å². The van der Waals surface area contributed by atoms with Crippen LogP contribution in [0.3, 0.4) is 0 Å². The molecule has 0 aromatic rings. The van der Waals surface area contributed by atoms with E-state index >= 15 is 0 Å². The minimum absolute atomic E-state index is 0.0660. The van der Waals surface area contributed by atoms with E-state index in [1.807, 2.05) is 27.7 Å². The summed E-state index contributed by atoms with van der Waals surface area (Å²) in [4.78, 5) is 0. The smallest absolute Gasteiger partial charge is 0.184 e. The summed E-state index contributed by atoms with van der Waals surface area (Å²) in [5.74, 6) is -0.611. The third-order valence-corrected chi connectivity index (χ3v) is 2.64. The van der Waals surface area contributed by atoms with E-state index in [0.29, 0.717) is 0 Å². The van der Waals surface area contributed by atoms with E-state index in [-0.39, 0.29) is 17.8 Å². The number of aliphatic hydroxyl groups is 1. The molecule has 4 heteroatoms. The third-order valence-electron chi connectivity index (χ3n) is 2.64. The van der Waals surface area contributed by atoms with Gasteiger partial charge in [0.15, 0.2) is 12.1 Å². The van der Waals surface area contributed by atoms with Gasteiger partial charge in [0.1, 0.15) is 6.10 Å². The minimum Gasteiger partial charge on any atom is -0.366 e. The number of hydrogen-bond donors (Lipinski definition) is 1. The molecule has 0 amide bonds. The quantitative estimate of drug-likeness (QED) is 0.637. The Hall–Kier alpha value is -0.160. The molecule has 0 aromatic carbocycles. The second kappa shape index (κ2) is 2.92. The van der Waals surface area contributed by atoms with Crippen molar-refractivity contribution in [3.05, 3.63) is 0 Å². The van der Waals surface area contributed by atoms with E-state index in [9.17, 15) is 5.11 Å². The zero-order valence-corrected chi connectivity index (χ0v) is 9.11. The molecule has 2 fully saturated rings. The Kier molecular flexibility index (Phi) is 2.16. The molecule has 2 aliphatic heterocycles. The summed E-state index contributed by atoms with van der Waals surface area (Å²) in [7, 11) is 0. The topological polar surface area (TPSA) is 47.9 Å². The lowest BCUT2D eigenvalue weighted by Gasteiger charge is -2.38. The van der Waals surface area contributed by atoms with Gasteiger partial charge < -0.3 is 19.3 Å². The van der Waals surface area contributed by atoms with Gasteiger partial charge in [-0.3, -0.25) is 0 Å². The number of rotatable bonds is 0. The van der Waals surface area contributed by atoms with E-state index in [1.54, 1.807) is 0 Å². The first-order chi connectivity index (χ1) is 6.29. The molecule has 2 aliphatic rings. The zero-order valence-electron chi connectivity index (χ0n) is 9.11. The Morgan fingerprint density at radius 2 is 1.71 bits per heavy atom. The molecule has 2 heterocycles. The van der Waals surface area contributed by atoms with Crippen molar-refractivity contribution in [1.29, 1.82) is 0 Å². The number of aliphatic hydroxyl groups excluding tert-OH is 1. The highest BCUT2D eigenvalue weighted by Gasteiger charge is 2.51. The highest BCUT2D eigenvalue weighted by atomic mass is 16.8. The van der Waals surface area contributed by atoms with Crippen molar-refractivity contribution in [3.8, 4) is 0 Å². The third kappa shape index (κ3) is 1.80. The van der Waals surface area contributed by atoms with E-state index in [2.05, 4.69) is 0 Å². The maximum atomic E-state index is 9.72. The molecule has 0 aliphatic carbocycles. The number of ether oxygens (including phenoxy) is 3. The molecule has 3 unspecified atom stereocenters. The van der Waals surface area contributed by atoms with Crippen LogP contribution >= 0.6 is 0 Å². The first kappa shape index (κ1) is 10.4. The van der Waals surface area contributed by atoms with Crippen LogP contribution in [0.5, 0.6) is 0 Å². The van der Waals surface area contributed by atoms with Gasteiger partial charge in [0.2, 0.25) is 0 Å². The van der Waals surface area contributed by atoms with E-state index in [0.717, 1.165) is 6.42 Å². The number of hydrogen-bond acceptors (Lipinski definition) is 4. The van der Waals surface area contributed by atoms with E-state index in [4.69, 9.17) is 14.2 Å². The van der Waals surface area contributed by atoms with Gasteiger partial charge in [0.25, 0.3) is 0 Å². The largest absolute Gasteiger partial charge is 0.366 e. The van der Waals surface area contributed by atoms with Crippen molar-refractivity contribution in [2.75, 3.05) is 0 Å². The fourth-order valence-corrected chi connectivity index (χ4v) is 2.19. The summed E-state index contributed by atoms with van der Waals surface area (Å²) in [5, 5.41) is 9.72. The van der Waals surface area contributed by atoms with Crippen LogP contribution < -0.4 is 0 Å². The lowest BCUT2D eigenvalue weighted by atomic mass is 9.94. The summed E-state index contributed by atoms with van der Waals surface area (Å²) in [5.41, 5.74) is -0.343. The fraction of sp³-hybridized carbons (Fsp3) is 1.00. The highest BCUT2D eigenvalue weighted by molar-refractivity contribution is 4.92. The Balaban J connectivity index is 2.15. The molecule has 82 valence electrons. The lowest BCUT2D eigenvalue weighted by Crippen LogP contribution is -2.50. The summed E-state index contributed by atoms with van der Waals surface area (Å²) >= 11 is 0. The predicted molar refractivity (Wildman–Crippen MR) is 49.6 cm³/mol. The van der Waals surface area contributed by atoms with Gasteiger partial charge in [-0.2, -0.15) is 0 Å².